The largest absolute Gasteiger partial charge is 0.298 e. The number of rotatable bonds is 6. The topological polar surface area (TPSA) is 79.0 Å². The van der Waals surface area contributed by atoms with Crippen LogP contribution in [0.15, 0.2) is 24.3 Å². The summed E-state index contributed by atoms with van der Waals surface area (Å²) in [5.74, 6) is 0.557. The number of nitrogens with one attached hydrogen (secondary N) is 1. The number of nitrogens with zero attached hydrogens (tertiary/aromatic N) is 2. The van der Waals surface area contributed by atoms with Gasteiger partial charge in [0.05, 0.1) is 11.0 Å². The molecule has 18 heavy (non-hydrogen) atoms. The Morgan fingerprint density at radius 3 is 2.78 bits per heavy atom. The van der Waals surface area contributed by atoms with Gasteiger partial charge >= 0.3 is 0 Å². The van der Waals surface area contributed by atoms with Crippen LogP contribution >= 0.6 is 0 Å². The van der Waals surface area contributed by atoms with Crippen LogP contribution in [0.5, 0.6) is 0 Å². The Balaban J connectivity index is 2.73. The number of nitro groups is 1. The lowest BCUT2D eigenvalue weighted by Crippen LogP contribution is -2.22. The van der Waals surface area contributed by atoms with Gasteiger partial charge in [0.1, 0.15) is 6.04 Å². The molecule has 0 fully saturated rings. The zero-order valence-corrected chi connectivity index (χ0v) is 10.6. The van der Waals surface area contributed by atoms with E-state index < -0.39 is 11.0 Å². The first-order valence-electron chi connectivity index (χ1n) is 5.92. The van der Waals surface area contributed by atoms with E-state index in [-0.39, 0.29) is 5.69 Å². The van der Waals surface area contributed by atoms with Crippen LogP contribution in [0.3, 0.4) is 0 Å². The molecular formula is C13H17N3O2. The van der Waals surface area contributed by atoms with Crippen LogP contribution in [0.4, 0.5) is 5.69 Å². The average Bonchev–Trinajstić information content (AvgIpc) is 2.34. The van der Waals surface area contributed by atoms with Crippen LogP contribution in [0.1, 0.15) is 31.9 Å². The predicted octanol–water partition coefficient (Wildman–Crippen LogP) is 2.80. The number of benzene rings is 1. The number of non-ortho nitro benzene ring substituents is 1. The smallest absolute Gasteiger partial charge is 0.269 e. The summed E-state index contributed by atoms with van der Waals surface area (Å²) >= 11 is 0. The van der Waals surface area contributed by atoms with E-state index in [0.717, 1.165) is 13.0 Å². The Morgan fingerprint density at radius 2 is 2.22 bits per heavy atom. The lowest BCUT2D eigenvalue weighted by Gasteiger charge is -2.12. The number of hydrogen-bond acceptors (Lipinski definition) is 4. The number of hydrogen-bond donors (Lipinski definition) is 1. The minimum Gasteiger partial charge on any atom is -0.298 e. The normalized spacial score (nSPS) is 12.1. The van der Waals surface area contributed by atoms with Crippen molar-refractivity contribution in [3.05, 3.63) is 39.9 Å². The third kappa shape index (κ3) is 4.15. The van der Waals surface area contributed by atoms with E-state index in [0.29, 0.717) is 11.5 Å². The summed E-state index contributed by atoms with van der Waals surface area (Å²) in [6.07, 6.45) is 0.965. The lowest BCUT2D eigenvalue weighted by atomic mass is 10.1. The van der Waals surface area contributed by atoms with E-state index in [1.165, 1.54) is 12.1 Å². The Kier molecular flexibility index (Phi) is 5.28. The molecular weight excluding hydrogens is 230 g/mol. The first-order valence-corrected chi connectivity index (χ1v) is 5.92. The fourth-order valence-corrected chi connectivity index (χ4v) is 1.57. The van der Waals surface area contributed by atoms with Crippen molar-refractivity contribution in [3.8, 4) is 6.07 Å². The van der Waals surface area contributed by atoms with Crippen LogP contribution in [-0.4, -0.2) is 11.5 Å². The third-order valence-corrected chi connectivity index (χ3v) is 2.61. The van der Waals surface area contributed by atoms with Crippen molar-refractivity contribution < 1.29 is 4.92 Å². The Bertz CT molecular complexity index is 452. The molecule has 0 saturated carbocycles. The Morgan fingerprint density at radius 1 is 1.50 bits per heavy atom. The van der Waals surface area contributed by atoms with Gasteiger partial charge in [0.2, 0.25) is 0 Å². The fraction of sp³-hybridized carbons (Fsp3) is 0.462. The van der Waals surface area contributed by atoms with Crippen molar-refractivity contribution in [2.24, 2.45) is 5.92 Å². The van der Waals surface area contributed by atoms with Gasteiger partial charge in [0.15, 0.2) is 0 Å². The predicted molar refractivity (Wildman–Crippen MR) is 68.9 cm³/mol. The zero-order chi connectivity index (χ0) is 13.5. The minimum atomic E-state index is -0.497. The molecule has 1 aromatic rings. The summed E-state index contributed by atoms with van der Waals surface area (Å²) in [6.45, 7) is 4.94. The van der Waals surface area contributed by atoms with Gasteiger partial charge in [-0.15, -0.1) is 0 Å². The van der Waals surface area contributed by atoms with Crippen molar-refractivity contribution in [2.75, 3.05) is 6.54 Å². The van der Waals surface area contributed by atoms with Gasteiger partial charge in [-0.2, -0.15) is 5.26 Å². The lowest BCUT2D eigenvalue weighted by molar-refractivity contribution is -0.384. The molecule has 1 aromatic carbocycles. The summed E-state index contributed by atoms with van der Waals surface area (Å²) in [7, 11) is 0. The van der Waals surface area contributed by atoms with Crippen LogP contribution in [0.2, 0.25) is 0 Å². The second-order valence-corrected chi connectivity index (χ2v) is 4.55. The first kappa shape index (κ1) is 14.1. The molecule has 0 heterocycles. The van der Waals surface area contributed by atoms with Crippen molar-refractivity contribution in [1.29, 1.82) is 5.26 Å². The molecule has 0 saturated heterocycles. The zero-order valence-electron chi connectivity index (χ0n) is 10.6. The summed E-state index contributed by atoms with van der Waals surface area (Å²) in [4.78, 5) is 10.2. The molecule has 0 spiro atoms. The van der Waals surface area contributed by atoms with E-state index in [4.69, 9.17) is 5.26 Å². The summed E-state index contributed by atoms with van der Waals surface area (Å²) in [5.41, 5.74) is 0.647. The van der Waals surface area contributed by atoms with Crippen LogP contribution in [0, 0.1) is 27.4 Å². The maximum Gasteiger partial charge on any atom is 0.269 e. The highest BCUT2D eigenvalue weighted by Crippen LogP contribution is 2.19. The molecule has 1 rings (SSSR count). The molecule has 0 aliphatic heterocycles. The molecule has 96 valence electrons. The van der Waals surface area contributed by atoms with Gasteiger partial charge in [-0.1, -0.05) is 26.0 Å². The quantitative estimate of drug-likeness (QED) is 0.619. The molecule has 0 aromatic heterocycles. The molecule has 0 radical (unpaired) electrons. The molecule has 0 aliphatic rings. The van der Waals surface area contributed by atoms with Gasteiger partial charge in [-0.25, -0.2) is 0 Å². The van der Waals surface area contributed by atoms with Crippen molar-refractivity contribution in [1.82, 2.24) is 5.32 Å². The van der Waals surface area contributed by atoms with Crippen LogP contribution in [0.25, 0.3) is 0 Å². The number of nitro benzene ring substituents is 1. The Hall–Kier alpha value is -1.93. The van der Waals surface area contributed by atoms with Crippen molar-refractivity contribution in [3.63, 3.8) is 0 Å². The summed E-state index contributed by atoms with van der Waals surface area (Å²) in [5, 5.41) is 22.9. The maximum absolute atomic E-state index is 10.7. The minimum absolute atomic E-state index is 0.0124. The molecule has 0 bridgehead atoms. The van der Waals surface area contributed by atoms with E-state index in [1.807, 2.05) is 0 Å². The van der Waals surface area contributed by atoms with E-state index >= 15 is 0 Å². The van der Waals surface area contributed by atoms with Gasteiger partial charge in [-0.05, 0) is 24.4 Å². The number of nitriles is 1. The molecule has 1 unspecified atom stereocenters. The van der Waals surface area contributed by atoms with Gasteiger partial charge in [-0.3, -0.25) is 15.4 Å². The van der Waals surface area contributed by atoms with Crippen molar-refractivity contribution >= 4 is 5.69 Å². The molecule has 5 nitrogen and oxygen atoms in total. The highest BCUT2D eigenvalue weighted by atomic mass is 16.6. The van der Waals surface area contributed by atoms with E-state index in [1.54, 1.807) is 12.1 Å². The molecule has 0 aliphatic carbocycles. The first-order chi connectivity index (χ1) is 8.54. The summed E-state index contributed by atoms with van der Waals surface area (Å²) < 4.78 is 0. The SMILES string of the molecule is CC(C)CCNC(C#N)c1cccc([N+](=O)[O-])c1. The Labute approximate surface area is 107 Å². The van der Waals surface area contributed by atoms with Gasteiger partial charge < -0.3 is 0 Å². The van der Waals surface area contributed by atoms with E-state index in [9.17, 15) is 10.1 Å². The standard InChI is InChI=1S/C13H17N3O2/c1-10(2)6-7-15-13(9-14)11-4-3-5-12(8-11)16(17)18/h3-5,8,10,13,15H,6-7H2,1-2H3. The average molecular weight is 247 g/mol. The maximum atomic E-state index is 10.7. The second kappa shape index (κ2) is 6.72. The van der Waals surface area contributed by atoms with Gasteiger partial charge in [0, 0.05) is 12.1 Å². The van der Waals surface area contributed by atoms with Crippen LogP contribution < -0.4 is 5.32 Å². The summed E-state index contributed by atoms with van der Waals surface area (Å²) in [6, 6.07) is 7.82. The second-order valence-electron chi connectivity index (χ2n) is 4.55. The molecule has 1 N–H and O–H groups in total. The highest BCUT2D eigenvalue weighted by Gasteiger charge is 2.13. The molecule has 1 atom stereocenters. The molecule has 0 amide bonds. The molecule has 5 heteroatoms. The van der Waals surface area contributed by atoms with Crippen molar-refractivity contribution in [2.45, 2.75) is 26.3 Å². The highest BCUT2D eigenvalue weighted by molar-refractivity contribution is 5.37. The van der Waals surface area contributed by atoms with Crippen LogP contribution in [-0.2, 0) is 0 Å². The fourth-order valence-electron chi connectivity index (χ4n) is 1.57. The third-order valence-electron chi connectivity index (χ3n) is 2.61. The van der Waals surface area contributed by atoms with Gasteiger partial charge in [0.25, 0.3) is 5.69 Å². The van der Waals surface area contributed by atoms with E-state index in [2.05, 4.69) is 25.2 Å². The monoisotopic (exact) mass is 247 g/mol.